The summed E-state index contributed by atoms with van der Waals surface area (Å²) in [6.45, 7) is 2.16. The van der Waals surface area contributed by atoms with Crippen molar-refractivity contribution < 1.29 is 23.8 Å². The summed E-state index contributed by atoms with van der Waals surface area (Å²) in [6.07, 6.45) is 0.959. The quantitative estimate of drug-likeness (QED) is 0.733. The molecule has 0 aromatic carbocycles. The highest BCUT2D eigenvalue weighted by Gasteiger charge is 2.16. The lowest BCUT2D eigenvalue weighted by molar-refractivity contribution is 0.0660. The third-order valence-electron chi connectivity index (χ3n) is 2.87. The number of furan rings is 1. The Hall–Kier alpha value is -2.02. The molecule has 3 N–H and O–H groups in total. The number of carbonyl (C=O) groups excluding carboxylic acids is 1. The molecule has 1 atom stereocenters. The van der Waals surface area contributed by atoms with Gasteiger partial charge in [0.25, 0.3) is 0 Å². The van der Waals surface area contributed by atoms with Gasteiger partial charge in [0.15, 0.2) is 0 Å². The number of amides is 2. The number of carboxylic acids is 1. The van der Waals surface area contributed by atoms with E-state index in [0.717, 1.165) is 13.0 Å². The average molecular weight is 268 g/mol. The Kier molecular flexibility index (Phi) is 4.40. The first kappa shape index (κ1) is 13.4. The molecular formula is C12H16N2O5. The van der Waals surface area contributed by atoms with E-state index in [1.54, 1.807) is 0 Å². The molecule has 1 unspecified atom stereocenters. The summed E-state index contributed by atoms with van der Waals surface area (Å²) in [4.78, 5) is 22.1. The second kappa shape index (κ2) is 6.24. The number of ether oxygens (including phenoxy) is 1. The lowest BCUT2D eigenvalue weighted by Crippen LogP contribution is -2.37. The fourth-order valence-electron chi connectivity index (χ4n) is 1.80. The van der Waals surface area contributed by atoms with Gasteiger partial charge in [-0.25, -0.2) is 9.59 Å². The predicted octanol–water partition coefficient (Wildman–Crippen LogP) is 0.814. The van der Waals surface area contributed by atoms with Gasteiger partial charge < -0.3 is 24.9 Å². The predicted molar refractivity (Wildman–Crippen MR) is 64.8 cm³/mol. The topological polar surface area (TPSA) is 101 Å². The molecule has 7 nitrogen and oxygen atoms in total. The number of hydrogen-bond donors (Lipinski definition) is 3. The highest BCUT2D eigenvalue weighted by Crippen LogP contribution is 2.10. The molecule has 2 amide bonds. The third-order valence-corrected chi connectivity index (χ3v) is 2.87. The van der Waals surface area contributed by atoms with Gasteiger partial charge in [0, 0.05) is 19.1 Å². The summed E-state index contributed by atoms with van der Waals surface area (Å²) in [5, 5.41) is 14.0. The van der Waals surface area contributed by atoms with Crippen molar-refractivity contribution in [3.05, 3.63) is 23.7 Å². The molecule has 1 aliphatic heterocycles. The molecule has 0 bridgehead atoms. The second-order valence-corrected chi connectivity index (χ2v) is 4.36. The summed E-state index contributed by atoms with van der Waals surface area (Å²) >= 11 is 0. The Balaban J connectivity index is 1.68. The second-order valence-electron chi connectivity index (χ2n) is 4.36. The van der Waals surface area contributed by atoms with Gasteiger partial charge in [-0.15, -0.1) is 0 Å². The number of hydrogen-bond acceptors (Lipinski definition) is 4. The summed E-state index contributed by atoms with van der Waals surface area (Å²) in [6, 6.07) is 2.57. The van der Waals surface area contributed by atoms with Crippen LogP contribution in [-0.2, 0) is 11.3 Å². The van der Waals surface area contributed by atoms with Crippen LogP contribution in [0, 0.1) is 5.92 Å². The van der Waals surface area contributed by atoms with Crippen molar-refractivity contribution in [3.8, 4) is 0 Å². The lowest BCUT2D eigenvalue weighted by atomic mass is 10.1. The summed E-state index contributed by atoms with van der Waals surface area (Å²) < 4.78 is 10.2. The molecule has 1 fully saturated rings. The van der Waals surface area contributed by atoms with Crippen LogP contribution in [0.2, 0.25) is 0 Å². The van der Waals surface area contributed by atoms with Crippen molar-refractivity contribution in [2.24, 2.45) is 5.92 Å². The molecule has 1 aromatic heterocycles. The summed E-state index contributed by atoms with van der Waals surface area (Å²) in [5.41, 5.74) is 0. The maximum Gasteiger partial charge on any atom is 0.371 e. The van der Waals surface area contributed by atoms with Crippen molar-refractivity contribution in [2.45, 2.75) is 13.0 Å². The molecule has 0 aliphatic carbocycles. The van der Waals surface area contributed by atoms with Crippen LogP contribution in [0.5, 0.6) is 0 Å². The van der Waals surface area contributed by atoms with Gasteiger partial charge in [0.05, 0.1) is 13.2 Å². The van der Waals surface area contributed by atoms with Crippen LogP contribution in [0.15, 0.2) is 16.5 Å². The zero-order valence-electron chi connectivity index (χ0n) is 10.3. The molecule has 0 radical (unpaired) electrons. The number of carbonyl (C=O) groups is 2. The van der Waals surface area contributed by atoms with Crippen LogP contribution in [0.3, 0.4) is 0 Å². The minimum Gasteiger partial charge on any atom is -0.475 e. The van der Waals surface area contributed by atoms with Gasteiger partial charge >= 0.3 is 12.0 Å². The maximum atomic E-state index is 11.5. The molecule has 7 heteroatoms. The van der Waals surface area contributed by atoms with E-state index in [1.807, 2.05) is 0 Å². The number of urea groups is 1. The molecule has 19 heavy (non-hydrogen) atoms. The number of aromatic carboxylic acids is 1. The van der Waals surface area contributed by atoms with Crippen LogP contribution in [0.25, 0.3) is 0 Å². The van der Waals surface area contributed by atoms with E-state index in [-0.39, 0.29) is 18.3 Å². The third kappa shape index (κ3) is 3.99. The first-order valence-corrected chi connectivity index (χ1v) is 6.06. The molecule has 0 spiro atoms. The molecule has 2 rings (SSSR count). The smallest absolute Gasteiger partial charge is 0.371 e. The fraction of sp³-hybridized carbons (Fsp3) is 0.500. The average Bonchev–Trinajstić information content (AvgIpc) is 3.05. The SMILES string of the molecule is O=C(NCc1ccc(C(=O)O)o1)NCC1CCOC1. The Labute approximate surface area is 109 Å². The van der Waals surface area contributed by atoms with Crippen LogP contribution < -0.4 is 10.6 Å². The molecule has 1 aliphatic rings. The van der Waals surface area contributed by atoms with Gasteiger partial charge in [-0.1, -0.05) is 0 Å². The van der Waals surface area contributed by atoms with E-state index >= 15 is 0 Å². The Morgan fingerprint density at radius 2 is 2.21 bits per heavy atom. The molecule has 1 saturated heterocycles. The molecule has 0 saturated carbocycles. The lowest BCUT2D eigenvalue weighted by Gasteiger charge is -2.09. The van der Waals surface area contributed by atoms with Crippen LogP contribution >= 0.6 is 0 Å². The number of carboxylic acid groups (broad SMARTS) is 1. The zero-order valence-corrected chi connectivity index (χ0v) is 10.3. The maximum absolute atomic E-state index is 11.5. The van der Waals surface area contributed by atoms with Gasteiger partial charge in [0.1, 0.15) is 5.76 Å². The van der Waals surface area contributed by atoms with Crippen molar-refractivity contribution in [2.75, 3.05) is 19.8 Å². The Morgan fingerprint density at radius 3 is 2.84 bits per heavy atom. The normalized spacial score (nSPS) is 18.2. The molecule has 1 aromatic rings. The molecule has 104 valence electrons. The highest BCUT2D eigenvalue weighted by molar-refractivity contribution is 5.84. The minimum atomic E-state index is -1.13. The first-order chi connectivity index (χ1) is 9.15. The van der Waals surface area contributed by atoms with Crippen molar-refractivity contribution in [1.82, 2.24) is 10.6 Å². The van der Waals surface area contributed by atoms with E-state index in [4.69, 9.17) is 14.3 Å². The van der Waals surface area contributed by atoms with Crippen LogP contribution in [0.1, 0.15) is 22.7 Å². The minimum absolute atomic E-state index is 0.139. The summed E-state index contributed by atoms with van der Waals surface area (Å²) in [7, 11) is 0. The van der Waals surface area contributed by atoms with Gasteiger partial charge in [-0.05, 0) is 18.6 Å². The first-order valence-electron chi connectivity index (χ1n) is 6.06. The van der Waals surface area contributed by atoms with E-state index in [1.165, 1.54) is 12.1 Å². The van der Waals surface area contributed by atoms with Gasteiger partial charge in [0.2, 0.25) is 5.76 Å². The standard InChI is InChI=1S/C12H16N2O5/c15-11(16)10-2-1-9(19-10)6-14-12(17)13-5-8-3-4-18-7-8/h1-2,8H,3-7H2,(H,15,16)(H2,13,14,17). The van der Waals surface area contributed by atoms with E-state index in [2.05, 4.69) is 10.6 Å². The van der Waals surface area contributed by atoms with E-state index < -0.39 is 5.97 Å². The van der Waals surface area contributed by atoms with Crippen molar-refractivity contribution in [1.29, 1.82) is 0 Å². The van der Waals surface area contributed by atoms with E-state index in [9.17, 15) is 9.59 Å². The molecular weight excluding hydrogens is 252 g/mol. The van der Waals surface area contributed by atoms with Crippen molar-refractivity contribution >= 4 is 12.0 Å². The van der Waals surface area contributed by atoms with Crippen LogP contribution in [0.4, 0.5) is 4.79 Å². The van der Waals surface area contributed by atoms with Crippen LogP contribution in [-0.4, -0.2) is 36.9 Å². The Bertz CT molecular complexity index is 451. The van der Waals surface area contributed by atoms with Gasteiger partial charge in [-0.3, -0.25) is 0 Å². The number of nitrogens with one attached hydrogen (secondary N) is 2. The van der Waals surface area contributed by atoms with Gasteiger partial charge in [-0.2, -0.15) is 0 Å². The summed E-state index contributed by atoms with van der Waals surface area (Å²) in [5.74, 6) is -0.498. The zero-order chi connectivity index (χ0) is 13.7. The van der Waals surface area contributed by atoms with Crippen molar-refractivity contribution in [3.63, 3.8) is 0 Å². The monoisotopic (exact) mass is 268 g/mol. The largest absolute Gasteiger partial charge is 0.475 e. The Morgan fingerprint density at radius 1 is 1.37 bits per heavy atom. The molecule has 2 heterocycles. The number of rotatable bonds is 5. The van der Waals surface area contributed by atoms with E-state index in [0.29, 0.717) is 24.8 Å². The highest BCUT2D eigenvalue weighted by atomic mass is 16.5. The fourth-order valence-corrected chi connectivity index (χ4v) is 1.80.